The minimum absolute atomic E-state index is 0.0277. The Balaban J connectivity index is 3.66. The first-order valence-electron chi connectivity index (χ1n) is 4.15. The van der Waals surface area contributed by atoms with Crippen LogP contribution in [0.25, 0.3) is 0 Å². The summed E-state index contributed by atoms with van der Waals surface area (Å²) in [5.41, 5.74) is 0. The second kappa shape index (κ2) is 6.90. The van der Waals surface area contributed by atoms with E-state index >= 15 is 0 Å². The second-order valence-electron chi connectivity index (χ2n) is 2.92. The number of halogens is 2. The van der Waals surface area contributed by atoms with Gasteiger partial charge >= 0.3 is 11.9 Å². The number of hydrogen-bond acceptors (Lipinski definition) is 2. The van der Waals surface area contributed by atoms with Crippen LogP contribution in [0, 0.1) is 0 Å². The summed E-state index contributed by atoms with van der Waals surface area (Å²) in [6, 6.07) is 0. The summed E-state index contributed by atoms with van der Waals surface area (Å²) < 4.78 is 0. The molecule has 0 saturated heterocycles. The molecule has 0 amide bonds. The van der Waals surface area contributed by atoms with E-state index in [9.17, 15) is 9.59 Å². The van der Waals surface area contributed by atoms with Crippen LogP contribution in [0.2, 0.25) is 0 Å². The summed E-state index contributed by atoms with van der Waals surface area (Å²) >= 11 is 11.5. The van der Waals surface area contributed by atoms with E-state index in [2.05, 4.69) is 0 Å². The molecule has 2 atom stereocenters. The molecular weight excluding hydrogens is 231 g/mol. The van der Waals surface area contributed by atoms with Crippen molar-refractivity contribution in [1.29, 1.82) is 0 Å². The number of carboxylic acid groups (broad SMARTS) is 2. The zero-order valence-corrected chi connectivity index (χ0v) is 8.96. The van der Waals surface area contributed by atoms with Gasteiger partial charge in [-0.1, -0.05) is 0 Å². The SMILES string of the molecule is O=C(O)CCCC(Cl)C(Cl)CC(=O)O. The smallest absolute Gasteiger partial charge is 0.304 e. The summed E-state index contributed by atoms with van der Waals surface area (Å²) in [5.74, 6) is -1.90. The highest BCUT2D eigenvalue weighted by molar-refractivity contribution is 6.30. The number of aliphatic carboxylic acids is 2. The molecule has 2 N–H and O–H groups in total. The summed E-state index contributed by atoms with van der Waals surface area (Å²) in [6.45, 7) is 0. The highest BCUT2D eigenvalue weighted by Gasteiger charge is 2.19. The largest absolute Gasteiger partial charge is 0.481 e. The van der Waals surface area contributed by atoms with Gasteiger partial charge in [0.25, 0.3) is 0 Å². The third-order valence-electron chi connectivity index (χ3n) is 1.63. The molecule has 0 aliphatic carbocycles. The van der Waals surface area contributed by atoms with Crippen molar-refractivity contribution in [2.75, 3.05) is 0 Å². The van der Waals surface area contributed by atoms with Crippen LogP contribution >= 0.6 is 23.2 Å². The van der Waals surface area contributed by atoms with E-state index in [-0.39, 0.29) is 12.8 Å². The lowest BCUT2D eigenvalue weighted by molar-refractivity contribution is -0.138. The van der Waals surface area contributed by atoms with E-state index < -0.39 is 22.7 Å². The Bertz CT molecular complexity index is 208. The molecule has 0 radical (unpaired) electrons. The van der Waals surface area contributed by atoms with Crippen molar-refractivity contribution in [2.24, 2.45) is 0 Å². The van der Waals surface area contributed by atoms with E-state index in [1.54, 1.807) is 0 Å². The maximum Gasteiger partial charge on any atom is 0.304 e. The average Bonchev–Trinajstić information content (AvgIpc) is 2.01. The molecule has 2 unspecified atom stereocenters. The normalized spacial score (nSPS) is 14.7. The lowest BCUT2D eigenvalue weighted by Crippen LogP contribution is -2.19. The second-order valence-corrected chi connectivity index (χ2v) is 4.04. The quantitative estimate of drug-likeness (QED) is 0.670. The first kappa shape index (κ1) is 13.5. The summed E-state index contributed by atoms with van der Waals surface area (Å²) in [6.07, 6.45) is 0.643. The van der Waals surface area contributed by atoms with Gasteiger partial charge in [0.2, 0.25) is 0 Å². The molecule has 0 aromatic rings. The van der Waals surface area contributed by atoms with Crippen LogP contribution in [-0.4, -0.2) is 32.9 Å². The predicted molar refractivity (Wildman–Crippen MR) is 53.0 cm³/mol. The third-order valence-corrected chi connectivity index (χ3v) is 2.74. The highest BCUT2D eigenvalue weighted by atomic mass is 35.5. The fourth-order valence-electron chi connectivity index (χ4n) is 0.924. The Labute approximate surface area is 91.8 Å². The number of rotatable bonds is 7. The van der Waals surface area contributed by atoms with Crippen molar-refractivity contribution < 1.29 is 19.8 Å². The van der Waals surface area contributed by atoms with Gasteiger partial charge in [-0.15, -0.1) is 23.2 Å². The average molecular weight is 243 g/mol. The molecule has 4 nitrogen and oxygen atoms in total. The Kier molecular flexibility index (Phi) is 6.66. The first-order valence-corrected chi connectivity index (χ1v) is 5.02. The van der Waals surface area contributed by atoms with Crippen LogP contribution in [0.15, 0.2) is 0 Å². The van der Waals surface area contributed by atoms with Gasteiger partial charge in [0.1, 0.15) is 0 Å². The van der Waals surface area contributed by atoms with Crippen LogP contribution in [-0.2, 0) is 9.59 Å². The van der Waals surface area contributed by atoms with Crippen LogP contribution in [0.3, 0.4) is 0 Å². The molecule has 0 spiro atoms. The summed E-state index contributed by atoms with van der Waals surface area (Å²) in [5, 5.41) is 15.6. The van der Waals surface area contributed by atoms with E-state index in [0.717, 1.165) is 0 Å². The summed E-state index contributed by atoms with van der Waals surface area (Å²) in [7, 11) is 0. The molecule has 6 heteroatoms. The lowest BCUT2D eigenvalue weighted by atomic mass is 10.1. The van der Waals surface area contributed by atoms with Gasteiger partial charge in [0.15, 0.2) is 0 Å². The first-order chi connectivity index (χ1) is 6.43. The molecule has 0 bridgehead atoms. The number of alkyl halides is 2. The molecule has 0 aromatic carbocycles. The van der Waals surface area contributed by atoms with E-state index in [1.165, 1.54) is 0 Å². The maximum atomic E-state index is 10.3. The molecule has 0 fully saturated rings. The molecule has 0 saturated carbocycles. The van der Waals surface area contributed by atoms with Crippen LogP contribution in [0.1, 0.15) is 25.7 Å². The van der Waals surface area contributed by atoms with Crippen molar-refractivity contribution in [3.63, 3.8) is 0 Å². The van der Waals surface area contributed by atoms with Gasteiger partial charge in [0.05, 0.1) is 17.2 Å². The van der Waals surface area contributed by atoms with E-state index in [1.807, 2.05) is 0 Å². The molecule has 0 rings (SSSR count). The van der Waals surface area contributed by atoms with E-state index in [0.29, 0.717) is 12.8 Å². The van der Waals surface area contributed by atoms with Crippen LogP contribution in [0.4, 0.5) is 0 Å². The Morgan fingerprint density at radius 3 is 2.07 bits per heavy atom. The van der Waals surface area contributed by atoms with Crippen molar-refractivity contribution in [3.8, 4) is 0 Å². The molecule has 0 aliphatic rings. The molecular formula is C8H12Cl2O4. The Morgan fingerprint density at radius 1 is 1.07 bits per heavy atom. The van der Waals surface area contributed by atoms with Gasteiger partial charge < -0.3 is 10.2 Å². The number of carbonyl (C=O) groups is 2. The molecule has 0 aliphatic heterocycles. The minimum atomic E-state index is -1.01. The maximum absolute atomic E-state index is 10.3. The van der Waals surface area contributed by atoms with Crippen LogP contribution < -0.4 is 0 Å². The van der Waals surface area contributed by atoms with Gasteiger partial charge in [-0.2, -0.15) is 0 Å². The van der Waals surface area contributed by atoms with Crippen molar-refractivity contribution in [1.82, 2.24) is 0 Å². The van der Waals surface area contributed by atoms with Crippen molar-refractivity contribution in [2.45, 2.75) is 36.4 Å². The molecule has 14 heavy (non-hydrogen) atoms. The highest BCUT2D eigenvalue weighted by Crippen LogP contribution is 2.19. The van der Waals surface area contributed by atoms with Crippen LogP contribution in [0.5, 0.6) is 0 Å². The standard InChI is InChI=1S/C8H12Cl2O4/c9-5(2-1-3-7(11)12)6(10)4-8(13)14/h5-6H,1-4H2,(H,11,12)(H,13,14). The zero-order chi connectivity index (χ0) is 11.1. The Morgan fingerprint density at radius 2 is 1.64 bits per heavy atom. The zero-order valence-electron chi connectivity index (χ0n) is 7.45. The lowest BCUT2D eigenvalue weighted by Gasteiger charge is -2.13. The number of carboxylic acids is 2. The molecule has 82 valence electrons. The topological polar surface area (TPSA) is 74.6 Å². The van der Waals surface area contributed by atoms with Gasteiger partial charge in [-0.05, 0) is 12.8 Å². The van der Waals surface area contributed by atoms with Crippen molar-refractivity contribution >= 4 is 35.1 Å². The molecule has 0 heterocycles. The monoisotopic (exact) mass is 242 g/mol. The number of hydrogen-bond donors (Lipinski definition) is 2. The molecule has 0 aromatic heterocycles. The van der Waals surface area contributed by atoms with Gasteiger partial charge in [-0.3, -0.25) is 9.59 Å². The minimum Gasteiger partial charge on any atom is -0.481 e. The Hall–Kier alpha value is -0.480. The third kappa shape index (κ3) is 6.97. The fraction of sp³-hybridized carbons (Fsp3) is 0.750. The van der Waals surface area contributed by atoms with Crippen molar-refractivity contribution in [3.05, 3.63) is 0 Å². The van der Waals surface area contributed by atoms with E-state index in [4.69, 9.17) is 33.4 Å². The van der Waals surface area contributed by atoms with Gasteiger partial charge in [-0.25, -0.2) is 0 Å². The van der Waals surface area contributed by atoms with Gasteiger partial charge in [0, 0.05) is 6.42 Å². The summed E-state index contributed by atoms with van der Waals surface area (Å²) in [4.78, 5) is 20.4. The fourth-order valence-corrected chi connectivity index (χ4v) is 1.43. The predicted octanol–water partition coefficient (Wildman–Crippen LogP) is 1.93.